The summed E-state index contributed by atoms with van der Waals surface area (Å²) in [5.74, 6) is 0.0364. The van der Waals surface area contributed by atoms with E-state index in [1.54, 1.807) is 24.1 Å². The van der Waals surface area contributed by atoms with E-state index in [1.165, 1.54) is 0 Å². The van der Waals surface area contributed by atoms with Crippen LogP contribution in [0.1, 0.15) is 52.4 Å². The molecule has 214 valence electrons. The molecule has 3 aromatic rings. The second-order valence-corrected chi connectivity index (χ2v) is 10.6. The molecule has 8 nitrogen and oxygen atoms in total. The molecule has 2 aliphatic heterocycles. The lowest BCUT2D eigenvalue weighted by Crippen LogP contribution is -2.48. The molecule has 11 heteroatoms. The zero-order chi connectivity index (χ0) is 28.6. The molecule has 40 heavy (non-hydrogen) atoms. The van der Waals surface area contributed by atoms with Crippen LogP contribution in [0.5, 0.6) is 5.75 Å². The maximum Gasteiger partial charge on any atom is 0.390 e. The lowest BCUT2D eigenvalue weighted by atomic mass is 9.97. The summed E-state index contributed by atoms with van der Waals surface area (Å²) in [4.78, 5) is 33.8. The molecule has 2 amide bonds. The Labute approximate surface area is 230 Å². The van der Waals surface area contributed by atoms with Crippen molar-refractivity contribution in [3.05, 3.63) is 58.8 Å². The van der Waals surface area contributed by atoms with E-state index in [0.29, 0.717) is 51.3 Å². The van der Waals surface area contributed by atoms with Crippen molar-refractivity contribution < 1.29 is 27.5 Å². The topological polar surface area (TPSA) is 94.9 Å². The van der Waals surface area contributed by atoms with Crippen LogP contribution in [0, 0.1) is 6.92 Å². The van der Waals surface area contributed by atoms with E-state index in [0.717, 1.165) is 33.3 Å². The number of rotatable bonds is 8. The first-order chi connectivity index (χ1) is 19.1. The number of ether oxygens (including phenoxy) is 1. The minimum Gasteiger partial charge on any atom is -0.496 e. The number of anilines is 1. The summed E-state index contributed by atoms with van der Waals surface area (Å²) in [6, 6.07) is 8.94. The summed E-state index contributed by atoms with van der Waals surface area (Å²) in [6.45, 7) is 4.28. The summed E-state index contributed by atoms with van der Waals surface area (Å²) >= 11 is 0. The van der Waals surface area contributed by atoms with Gasteiger partial charge in [-0.15, -0.1) is 0 Å². The zero-order valence-corrected chi connectivity index (χ0v) is 22.7. The van der Waals surface area contributed by atoms with Crippen LogP contribution in [0.3, 0.4) is 0 Å². The number of H-pyrrole nitrogens is 1. The fraction of sp³-hybridized carbons (Fsp3) is 0.448. The summed E-state index contributed by atoms with van der Waals surface area (Å²) < 4.78 is 45.0. The number of nitrogens with zero attached hydrogens (tertiary/aromatic N) is 3. The van der Waals surface area contributed by atoms with Gasteiger partial charge in [0.05, 0.1) is 24.8 Å². The van der Waals surface area contributed by atoms with Crippen LogP contribution in [-0.2, 0) is 11.3 Å². The van der Waals surface area contributed by atoms with Crippen LogP contribution in [0.2, 0.25) is 0 Å². The Kier molecular flexibility index (Phi) is 7.78. The lowest BCUT2D eigenvalue weighted by molar-refractivity contribution is -0.139. The minimum atomic E-state index is -4.24. The molecule has 5 rings (SSSR count). The van der Waals surface area contributed by atoms with Gasteiger partial charge in [-0.3, -0.25) is 19.4 Å². The van der Waals surface area contributed by atoms with E-state index in [-0.39, 0.29) is 24.1 Å². The lowest BCUT2D eigenvalue weighted by Gasteiger charge is -2.42. The molecular formula is C29H34F3N5O3. The van der Waals surface area contributed by atoms with Crippen molar-refractivity contribution in [2.45, 2.75) is 44.9 Å². The summed E-state index contributed by atoms with van der Waals surface area (Å²) in [7, 11) is 1.63. The molecule has 2 aliphatic rings. The third kappa shape index (κ3) is 5.66. The van der Waals surface area contributed by atoms with Gasteiger partial charge in [-0.05, 0) is 48.7 Å². The Morgan fingerprint density at radius 3 is 2.65 bits per heavy atom. The number of methoxy groups -OCH3 is 1. The van der Waals surface area contributed by atoms with E-state index in [1.807, 2.05) is 36.2 Å². The maximum absolute atomic E-state index is 13.1. The van der Waals surface area contributed by atoms with Gasteiger partial charge in [0.1, 0.15) is 5.75 Å². The number of nitrogens with one attached hydrogen (secondary N) is 1. The van der Waals surface area contributed by atoms with Gasteiger partial charge in [-0.1, -0.05) is 6.07 Å². The predicted molar refractivity (Wildman–Crippen MR) is 146 cm³/mol. The Bertz CT molecular complexity index is 1420. The monoisotopic (exact) mass is 557 g/mol. The number of aryl methyl sites for hydroxylation is 1. The largest absolute Gasteiger partial charge is 0.496 e. The number of halogens is 3. The summed E-state index contributed by atoms with van der Waals surface area (Å²) in [6.07, 6.45) is -2.17. The fourth-order valence-corrected chi connectivity index (χ4v) is 5.95. The Morgan fingerprint density at radius 2 is 1.98 bits per heavy atom. The fourth-order valence-electron chi connectivity index (χ4n) is 5.95. The number of aromatic nitrogens is 1. The molecule has 0 bridgehead atoms. The number of carbonyl (C=O) groups is 2. The van der Waals surface area contributed by atoms with Crippen molar-refractivity contribution in [2.24, 2.45) is 5.73 Å². The average molecular weight is 558 g/mol. The molecular weight excluding hydrogens is 523 g/mol. The number of aromatic amines is 1. The van der Waals surface area contributed by atoms with E-state index < -0.39 is 18.5 Å². The summed E-state index contributed by atoms with van der Waals surface area (Å²) in [5.41, 5.74) is 10.2. The van der Waals surface area contributed by atoms with Gasteiger partial charge < -0.3 is 20.4 Å². The number of hydrogen-bond donors (Lipinski definition) is 2. The second-order valence-electron chi connectivity index (χ2n) is 10.6. The van der Waals surface area contributed by atoms with Crippen LogP contribution in [0.15, 0.2) is 36.5 Å². The number of benzene rings is 2. The highest BCUT2D eigenvalue weighted by atomic mass is 19.4. The van der Waals surface area contributed by atoms with Gasteiger partial charge in [0.2, 0.25) is 5.91 Å². The van der Waals surface area contributed by atoms with Crippen molar-refractivity contribution in [2.75, 3.05) is 44.7 Å². The maximum atomic E-state index is 13.1. The van der Waals surface area contributed by atoms with E-state index in [4.69, 9.17) is 10.5 Å². The molecule has 1 atom stereocenters. The van der Waals surface area contributed by atoms with Crippen molar-refractivity contribution in [3.63, 3.8) is 0 Å². The first kappa shape index (κ1) is 28.0. The number of hydrogen-bond acceptors (Lipinski definition) is 5. The molecule has 3 heterocycles. The molecule has 1 aromatic heterocycles. The number of fused-ring (bicyclic) bond motifs is 1. The molecule has 1 unspecified atom stereocenters. The van der Waals surface area contributed by atoms with Gasteiger partial charge in [0, 0.05) is 74.4 Å². The van der Waals surface area contributed by atoms with E-state index in [9.17, 15) is 22.8 Å². The third-order valence-electron chi connectivity index (χ3n) is 8.02. The molecule has 0 saturated carbocycles. The van der Waals surface area contributed by atoms with E-state index >= 15 is 0 Å². The van der Waals surface area contributed by atoms with Crippen LogP contribution in [0.4, 0.5) is 18.9 Å². The number of piperazine rings is 1. The first-order valence-electron chi connectivity index (χ1n) is 13.5. The number of amides is 2. The Balaban J connectivity index is 1.53. The Morgan fingerprint density at radius 1 is 1.18 bits per heavy atom. The van der Waals surface area contributed by atoms with Crippen molar-refractivity contribution in [1.82, 2.24) is 14.8 Å². The number of primary amides is 1. The van der Waals surface area contributed by atoms with Crippen LogP contribution < -0.4 is 15.4 Å². The van der Waals surface area contributed by atoms with Crippen molar-refractivity contribution in [1.29, 1.82) is 0 Å². The van der Waals surface area contributed by atoms with Crippen LogP contribution >= 0.6 is 0 Å². The Hall–Kier alpha value is -3.57. The van der Waals surface area contributed by atoms with Gasteiger partial charge in [-0.2, -0.15) is 13.2 Å². The van der Waals surface area contributed by atoms with Gasteiger partial charge in [0.15, 0.2) is 0 Å². The quantitative estimate of drug-likeness (QED) is 0.425. The number of nitrogens with two attached hydrogens (primary N) is 1. The van der Waals surface area contributed by atoms with Crippen LogP contribution in [0.25, 0.3) is 10.9 Å². The summed E-state index contributed by atoms with van der Waals surface area (Å²) in [5, 5.41) is 1.03. The highest BCUT2D eigenvalue weighted by Crippen LogP contribution is 2.37. The van der Waals surface area contributed by atoms with Crippen LogP contribution in [-0.4, -0.2) is 72.6 Å². The minimum absolute atomic E-state index is 0.0776. The second kappa shape index (κ2) is 11.1. The third-order valence-corrected chi connectivity index (χ3v) is 8.02. The zero-order valence-electron chi connectivity index (χ0n) is 22.7. The molecule has 2 saturated heterocycles. The molecule has 0 spiro atoms. The van der Waals surface area contributed by atoms with Crippen molar-refractivity contribution in [3.8, 4) is 5.75 Å². The van der Waals surface area contributed by atoms with Gasteiger partial charge in [-0.25, -0.2) is 0 Å². The standard InChI is InChI=1S/C29H34F3N5O3/c1-18-14-25(40-2)22(20-7-9-34-27(18)20)16-36-13-12-35(11-8-29(30,31)32)17-24(36)19-5-6-21(28(33)39)23(15-19)37-10-3-4-26(37)38/h5-7,9,14-15,24,34H,3-4,8,10-13,16-17H2,1-2H3,(H2,33,39). The SMILES string of the molecule is COc1cc(C)c2[nH]ccc2c1CN1CCN(CCC(F)(F)F)CC1c1ccc(C(N)=O)c(N2CCCC2=O)c1. The first-order valence-corrected chi connectivity index (χ1v) is 13.5. The highest BCUT2D eigenvalue weighted by molar-refractivity contribution is 6.05. The molecule has 2 fully saturated rings. The molecule has 3 N–H and O–H groups in total. The van der Waals surface area contributed by atoms with E-state index in [2.05, 4.69) is 9.88 Å². The van der Waals surface area contributed by atoms with Crippen molar-refractivity contribution >= 4 is 28.4 Å². The van der Waals surface area contributed by atoms with Gasteiger partial charge in [0.25, 0.3) is 5.91 Å². The predicted octanol–water partition coefficient (Wildman–Crippen LogP) is 4.52. The number of alkyl halides is 3. The molecule has 0 aliphatic carbocycles. The normalized spacial score (nSPS) is 19.1. The highest BCUT2D eigenvalue weighted by Gasteiger charge is 2.34. The average Bonchev–Trinajstić information content (AvgIpc) is 3.58. The molecule has 2 aromatic carbocycles. The number of carbonyl (C=O) groups excluding carboxylic acids is 2. The van der Waals surface area contributed by atoms with Gasteiger partial charge >= 0.3 is 6.18 Å². The molecule has 0 radical (unpaired) electrons. The smallest absolute Gasteiger partial charge is 0.390 e.